The minimum Gasteiger partial charge on any atom is -0.468 e. The number of hydrogen-bond donors (Lipinski definition) is 1. The van der Waals surface area contributed by atoms with E-state index >= 15 is 0 Å². The molecular formula is C13H10ClN3O6. The number of benzene rings is 1. The van der Waals surface area contributed by atoms with Gasteiger partial charge in [-0.05, 0) is 12.1 Å². The van der Waals surface area contributed by atoms with E-state index in [1.54, 1.807) is 0 Å². The summed E-state index contributed by atoms with van der Waals surface area (Å²) in [6.07, 6.45) is 1.20. The van der Waals surface area contributed by atoms with Gasteiger partial charge >= 0.3 is 12.0 Å². The van der Waals surface area contributed by atoms with E-state index in [0.29, 0.717) is 4.90 Å². The summed E-state index contributed by atoms with van der Waals surface area (Å²) in [7, 11) is 1.13. The summed E-state index contributed by atoms with van der Waals surface area (Å²) in [5, 5.41) is 13.2. The van der Waals surface area contributed by atoms with Crippen molar-refractivity contribution in [3.63, 3.8) is 0 Å². The minimum atomic E-state index is -0.798. The lowest BCUT2D eigenvalue weighted by Gasteiger charge is -2.09. The first-order chi connectivity index (χ1) is 10.8. The summed E-state index contributed by atoms with van der Waals surface area (Å²) in [5.74, 6) is -1.52. The van der Waals surface area contributed by atoms with Crippen molar-refractivity contribution in [2.24, 2.45) is 0 Å². The number of nitrogens with zero attached hydrogens (tertiary/aromatic N) is 2. The second kappa shape index (κ2) is 6.44. The molecule has 0 bridgehead atoms. The zero-order chi connectivity index (χ0) is 17.1. The minimum absolute atomic E-state index is 0.152. The summed E-state index contributed by atoms with van der Waals surface area (Å²) in [6, 6.07) is 2.88. The Morgan fingerprint density at radius 3 is 2.78 bits per heavy atom. The van der Waals surface area contributed by atoms with E-state index in [9.17, 15) is 24.5 Å². The smallest absolute Gasteiger partial charge is 0.329 e. The molecule has 1 aliphatic rings. The van der Waals surface area contributed by atoms with E-state index in [-0.39, 0.29) is 22.0 Å². The van der Waals surface area contributed by atoms with Gasteiger partial charge in [-0.25, -0.2) is 9.69 Å². The van der Waals surface area contributed by atoms with Crippen LogP contribution in [-0.4, -0.2) is 41.4 Å². The average molecular weight is 340 g/mol. The van der Waals surface area contributed by atoms with Crippen LogP contribution in [0.5, 0.6) is 0 Å². The van der Waals surface area contributed by atoms with Gasteiger partial charge in [0.25, 0.3) is 11.6 Å². The molecule has 1 heterocycles. The molecule has 120 valence electrons. The number of hydrogen-bond acceptors (Lipinski definition) is 6. The number of methoxy groups -OCH3 is 1. The van der Waals surface area contributed by atoms with Crippen LogP contribution in [0.3, 0.4) is 0 Å². The Bertz CT molecular complexity index is 745. The molecule has 1 aromatic rings. The number of imide groups is 1. The Morgan fingerprint density at radius 1 is 1.48 bits per heavy atom. The molecule has 1 aromatic carbocycles. The molecule has 9 nitrogen and oxygen atoms in total. The molecule has 1 N–H and O–H groups in total. The molecule has 2 rings (SSSR count). The summed E-state index contributed by atoms with van der Waals surface area (Å²) < 4.78 is 4.40. The Labute approximate surface area is 134 Å². The molecule has 0 aliphatic carbocycles. The Balaban J connectivity index is 2.32. The fraction of sp³-hybridized carbons (Fsp3) is 0.154. The molecule has 1 saturated heterocycles. The third kappa shape index (κ3) is 3.46. The zero-order valence-electron chi connectivity index (χ0n) is 11.7. The number of halogens is 1. The Kier molecular flexibility index (Phi) is 4.60. The number of rotatable bonds is 4. The number of ether oxygens (including phenoxy) is 1. The van der Waals surface area contributed by atoms with Gasteiger partial charge in [-0.1, -0.05) is 11.6 Å². The normalized spacial score (nSPS) is 15.7. The van der Waals surface area contributed by atoms with E-state index in [1.807, 2.05) is 0 Å². The van der Waals surface area contributed by atoms with E-state index in [2.05, 4.69) is 10.1 Å². The number of nitro groups is 1. The maximum Gasteiger partial charge on any atom is 0.329 e. The molecule has 0 spiro atoms. The van der Waals surface area contributed by atoms with Crippen molar-refractivity contribution in [2.45, 2.75) is 0 Å². The Morgan fingerprint density at radius 2 is 2.17 bits per heavy atom. The Hall–Kier alpha value is -2.94. The van der Waals surface area contributed by atoms with Crippen LogP contribution in [0.1, 0.15) is 5.56 Å². The number of carbonyl (C=O) groups is 3. The summed E-state index contributed by atoms with van der Waals surface area (Å²) >= 11 is 5.93. The number of nitrogens with one attached hydrogen (secondary N) is 1. The first-order valence-corrected chi connectivity index (χ1v) is 6.56. The van der Waals surface area contributed by atoms with Gasteiger partial charge in [0.2, 0.25) is 0 Å². The van der Waals surface area contributed by atoms with Gasteiger partial charge in [0.05, 0.1) is 12.0 Å². The SMILES string of the molecule is COC(=O)CN1C(=O)N/C(=C/c2cc([N+](=O)[O-])ccc2Cl)C1=O. The molecule has 10 heteroatoms. The van der Waals surface area contributed by atoms with Crippen molar-refractivity contribution in [1.29, 1.82) is 0 Å². The molecule has 0 atom stereocenters. The quantitative estimate of drug-likeness (QED) is 0.290. The molecule has 1 fully saturated rings. The fourth-order valence-electron chi connectivity index (χ4n) is 1.82. The summed E-state index contributed by atoms with van der Waals surface area (Å²) in [5.41, 5.74) is -0.185. The highest BCUT2D eigenvalue weighted by Crippen LogP contribution is 2.25. The second-order valence-electron chi connectivity index (χ2n) is 4.42. The lowest BCUT2D eigenvalue weighted by molar-refractivity contribution is -0.384. The van der Waals surface area contributed by atoms with Crippen LogP contribution in [-0.2, 0) is 14.3 Å². The van der Waals surface area contributed by atoms with Crippen molar-refractivity contribution in [3.05, 3.63) is 44.6 Å². The van der Waals surface area contributed by atoms with E-state index in [0.717, 1.165) is 13.2 Å². The van der Waals surface area contributed by atoms with Crippen molar-refractivity contribution >= 4 is 41.3 Å². The van der Waals surface area contributed by atoms with Crippen LogP contribution < -0.4 is 5.32 Å². The molecule has 1 aliphatic heterocycles. The van der Waals surface area contributed by atoms with Crippen molar-refractivity contribution in [1.82, 2.24) is 10.2 Å². The van der Waals surface area contributed by atoms with Gasteiger partial charge in [0, 0.05) is 22.7 Å². The highest BCUT2D eigenvalue weighted by Gasteiger charge is 2.35. The lowest BCUT2D eigenvalue weighted by Crippen LogP contribution is -2.36. The number of carbonyl (C=O) groups excluding carboxylic acids is 3. The van der Waals surface area contributed by atoms with Gasteiger partial charge in [-0.2, -0.15) is 0 Å². The van der Waals surface area contributed by atoms with Crippen LogP contribution in [0.15, 0.2) is 23.9 Å². The maximum atomic E-state index is 12.1. The lowest BCUT2D eigenvalue weighted by atomic mass is 10.1. The molecule has 0 aromatic heterocycles. The molecule has 23 heavy (non-hydrogen) atoms. The average Bonchev–Trinajstić information content (AvgIpc) is 2.76. The van der Waals surface area contributed by atoms with Crippen LogP contribution in [0.25, 0.3) is 6.08 Å². The van der Waals surface area contributed by atoms with E-state index < -0.39 is 29.4 Å². The van der Waals surface area contributed by atoms with E-state index in [4.69, 9.17) is 11.6 Å². The van der Waals surface area contributed by atoms with E-state index in [1.165, 1.54) is 18.2 Å². The number of non-ortho nitro benzene ring substituents is 1. The van der Waals surface area contributed by atoms with Crippen LogP contribution in [0.4, 0.5) is 10.5 Å². The van der Waals surface area contributed by atoms with Crippen LogP contribution >= 0.6 is 11.6 Å². The standard InChI is InChI=1S/C13H10ClN3O6/c1-23-11(18)6-16-12(19)10(15-13(16)20)5-7-4-8(17(21)22)2-3-9(7)14/h2-5H,6H2,1H3,(H,15,20)/b10-5+. The van der Waals surface area contributed by atoms with Gasteiger partial charge < -0.3 is 10.1 Å². The molecular weight excluding hydrogens is 330 g/mol. The highest BCUT2D eigenvalue weighted by molar-refractivity contribution is 6.32. The monoisotopic (exact) mass is 339 g/mol. The van der Waals surface area contributed by atoms with Gasteiger partial charge in [0.1, 0.15) is 12.2 Å². The third-order valence-corrected chi connectivity index (χ3v) is 3.31. The van der Waals surface area contributed by atoms with Gasteiger partial charge in [-0.15, -0.1) is 0 Å². The number of amides is 3. The molecule has 0 saturated carbocycles. The van der Waals surface area contributed by atoms with Crippen molar-refractivity contribution in [3.8, 4) is 0 Å². The third-order valence-electron chi connectivity index (χ3n) is 2.97. The van der Waals surface area contributed by atoms with Crippen molar-refractivity contribution < 1.29 is 24.0 Å². The number of nitro benzene ring substituents is 1. The van der Waals surface area contributed by atoms with Crippen molar-refractivity contribution in [2.75, 3.05) is 13.7 Å². The predicted molar refractivity (Wildman–Crippen MR) is 78.3 cm³/mol. The number of urea groups is 1. The van der Waals surface area contributed by atoms with Gasteiger partial charge in [0.15, 0.2) is 0 Å². The summed E-state index contributed by atoms with van der Waals surface area (Å²) in [4.78, 5) is 45.8. The fourth-order valence-corrected chi connectivity index (χ4v) is 1.99. The molecule has 0 unspecified atom stereocenters. The van der Waals surface area contributed by atoms with Gasteiger partial charge in [-0.3, -0.25) is 19.7 Å². The van der Waals surface area contributed by atoms with Crippen LogP contribution in [0, 0.1) is 10.1 Å². The highest BCUT2D eigenvalue weighted by atomic mass is 35.5. The topological polar surface area (TPSA) is 119 Å². The first kappa shape index (κ1) is 16.4. The van der Waals surface area contributed by atoms with Crippen LogP contribution in [0.2, 0.25) is 5.02 Å². The predicted octanol–water partition coefficient (Wildman–Crippen LogP) is 1.31. The largest absolute Gasteiger partial charge is 0.468 e. The zero-order valence-corrected chi connectivity index (χ0v) is 12.5. The second-order valence-corrected chi connectivity index (χ2v) is 4.83. The maximum absolute atomic E-state index is 12.1. The molecule has 0 radical (unpaired) electrons. The first-order valence-electron chi connectivity index (χ1n) is 6.18. The summed E-state index contributed by atoms with van der Waals surface area (Å²) in [6.45, 7) is -0.540. The number of esters is 1. The molecule has 3 amide bonds.